The van der Waals surface area contributed by atoms with E-state index in [-0.39, 0.29) is 11.7 Å². The molecule has 7 nitrogen and oxygen atoms in total. The molecule has 7 heteroatoms. The van der Waals surface area contributed by atoms with Gasteiger partial charge in [0.1, 0.15) is 11.6 Å². The molecule has 96 valence electrons. The highest BCUT2D eigenvalue weighted by atomic mass is 16.1. The number of anilines is 1. The van der Waals surface area contributed by atoms with E-state index in [1.807, 2.05) is 0 Å². The molecule has 2 aromatic rings. The molecule has 0 saturated heterocycles. The van der Waals surface area contributed by atoms with Crippen molar-refractivity contribution in [3.8, 4) is 0 Å². The lowest BCUT2D eigenvalue weighted by atomic mass is 10.2. The van der Waals surface area contributed by atoms with Crippen LogP contribution >= 0.6 is 0 Å². The van der Waals surface area contributed by atoms with Crippen LogP contribution in [0.2, 0.25) is 0 Å². The van der Waals surface area contributed by atoms with E-state index in [9.17, 15) is 4.79 Å². The van der Waals surface area contributed by atoms with E-state index >= 15 is 0 Å². The number of aromatic amines is 1. The second-order valence-electron chi connectivity index (χ2n) is 4.79. The van der Waals surface area contributed by atoms with Crippen LogP contribution in [0.5, 0.6) is 0 Å². The summed E-state index contributed by atoms with van der Waals surface area (Å²) in [6.45, 7) is 2.47. The monoisotopic (exact) mass is 248 g/mol. The van der Waals surface area contributed by atoms with E-state index in [1.165, 1.54) is 17.2 Å². The summed E-state index contributed by atoms with van der Waals surface area (Å²) in [5.41, 5.74) is 6.31. The van der Waals surface area contributed by atoms with Crippen molar-refractivity contribution in [2.75, 3.05) is 11.9 Å². The number of hydrogen-bond acceptors (Lipinski definition) is 5. The topological polar surface area (TPSA) is 101 Å². The third-order valence-electron chi connectivity index (χ3n) is 3.32. The summed E-state index contributed by atoms with van der Waals surface area (Å²) in [7, 11) is 0. The van der Waals surface area contributed by atoms with Gasteiger partial charge in [-0.3, -0.25) is 0 Å². The van der Waals surface area contributed by atoms with Crippen LogP contribution in [0.4, 0.5) is 5.82 Å². The lowest BCUT2D eigenvalue weighted by molar-refractivity contribution is 0.619. The van der Waals surface area contributed by atoms with Gasteiger partial charge in [0.15, 0.2) is 5.65 Å². The summed E-state index contributed by atoms with van der Waals surface area (Å²) in [5.74, 6) is 1.96. The molecule has 2 heterocycles. The maximum absolute atomic E-state index is 11.4. The van der Waals surface area contributed by atoms with Gasteiger partial charge in [0.2, 0.25) is 0 Å². The zero-order valence-electron chi connectivity index (χ0n) is 10.2. The highest BCUT2D eigenvalue weighted by molar-refractivity contribution is 5.49. The minimum Gasteiger partial charge on any atom is -0.368 e. The Morgan fingerprint density at radius 3 is 3.17 bits per heavy atom. The van der Waals surface area contributed by atoms with E-state index in [1.54, 1.807) is 13.0 Å². The molecule has 0 bridgehead atoms. The summed E-state index contributed by atoms with van der Waals surface area (Å²) >= 11 is 0. The number of aromatic nitrogens is 4. The molecule has 2 aromatic heterocycles. The summed E-state index contributed by atoms with van der Waals surface area (Å²) in [5, 5.41) is 9.53. The number of hydrogen-bond donors (Lipinski definition) is 3. The molecule has 0 spiro atoms. The molecule has 3 rings (SSSR count). The van der Waals surface area contributed by atoms with Crippen molar-refractivity contribution in [1.29, 1.82) is 0 Å². The predicted molar refractivity (Wildman–Crippen MR) is 67.5 cm³/mol. The third-order valence-corrected chi connectivity index (χ3v) is 3.32. The maximum Gasteiger partial charge on any atom is 0.349 e. The van der Waals surface area contributed by atoms with Crippen molar-refractivity contribution in [1.82, 2.24) is 19.6 Å². The minimum absolute atomic E-state index is 0.171. The van der Waals surface area contributed by atoms with Gasteiger partial charge < -0.3 is 11.1 Å². The Labute approximate surface area is 103 Å². The van der Waals surface area contributed by atoms with Gasteiger partial charge in [0, 0.05) is 18.7 Å². The van der Waals surface area contributed by atoms with Crippen LogP contribution in [-0.2, 0) is 0 Å². The normalized spacial score (nSPS) is 17.0. The Hall–Kier alpha value is -1.89. The van der Waals surface area contributed by atoms with Crippen molar-refractivity contribution in [3.63, 3.8) is 0 Å². The second kappa shape index (κ2) is 4.09. The smallest absolute Gasteiger partial charge is 0.349 e. The molecule has 0 aliphatic heterocycles. The first-order valence-electron chi connectivity index (χ1n) is 6.09. The fraction of sp³-hybridized carbons (Fsp3) is 0.545. The fourth-order valence-corrected chi connectivity index (χ4v) is 2.10. The van der Waals surface area contributed by atoms with Crippen molar-refractivity contribution in [3.05, 3.63) is 22.4 Å². The van der Waals surface area contributed by atoms with Crippen molar-refractivity contribution in [2.45, 2.75) is 25.8 Å². The lowest BCUT2D eigenvalue weighted by Gasteiger charge is -2.12. The highest BCUT2D eigenvalue weighted by Gasteiger charge is 2.28. The third kappa shape index (κ3) is 1.97. The Morgan fingerprint density at radius 1 is 1.67 bits per heavy atom. The van der Waals surface area contributed by atoms with E-state index in [0.717, 1.165) is 0 Å². The van der Waals surface area contributed by atoms with Crippen molar-refractivity contribution < 1.29 is 0 Å². The highest BCUT2D eigenvalue weighted by Crippen LogP contribution is 2.31. The Morgan fingerprint density at radius 2 is 2.44 bits per heavy atom. The van der Waals surface area contributed by atoms with Gasteiger partial charge in [-0.1, -0.05) is 0 Å². The van der Waals surface area contributed by atoms with Crippen LogP contribution in [0, 0.1) is 12.8 Å². The SMILES string of the molecule is Cc1nc(NCC(N)C2CC2)cc2n[nH]c(=O)n12. The molecule has 1 unspecified atom stereocenters. The van der Waals surface area contributed by atoms with Crippen molar-refractivity contribution >= 4 is 11.5 Å². The van der Waals surface area contributed by atoms with Gasteiger partial charge in [-0.05, 0) is 25.7 Å². The number of aryl methyl sites for hydroxylation is 1. The molecule has 4 N–H and O–H groups in total. The van der Waals surface area contributed by atoms with E-state index in [0.29, 0.717) is 29.8 Å². The molecule has 0 aromatic carbocycles. The van der Waals surface area contributed by atoms with Gasteiger partial charge in [0.05, 0.1) is 0 Å². The molecule has 1 fully saturated rings. The van der Waals surface area contributed by atoms with Gasteiger partial charge in [-0.2, -0.15) is 5.10 Å². The molecular weight excluding hydrogens is 232 g/mol. The molecular formula is C11H16N6O. The summed E-state index contributed by atoms with van der Waals surface area (Å²) in [4.78, 5) is 15.8. The number of fused-ring (bicyclic) bond motifs is 1. The first kappa shape index (κ1) is 11.2. The number of H-pyrrole nitrogens is 1. The quantitative estimate of drug-likeness (QED) is 0.700. The van der Waals surface area contributed by atoms with E-state index in [2.05, 4.69) is 20.5 Å². The van der Waals surface area contributed by atoms with Crippen LogP contribution in [0.3, 0.4) is 0 Å². The first-order valence-corrected chi connectivity index (χ1v) is 6.09. The largest absolute Gasteiger partial charge is 0.368 e. The average Bonchev–Trinajstić information content (AvgIpc) is 3.11. The molecule has 1 atom stereocenters. The average molecular weight is 248 g/mol. The molecule has 1 aliphatic carbocycles. The predicted octanol–water partition coefficient (Wildman–Crippen LogP) is -0.125. The van der Waals surface area contributed by atoms with Crippen LogP contribution in [0.15, 0.2) is 10.9 Å². The Kier molecular flexibility index (Phi) is 2.55. The van der Waals surface area contributed by atoms with Gasteiger partial charge in [-0.25, -0.2) is 19.3 Å². The van der Waals surface area contributed by atoms with Crippen LogP contribution in [-0.4, -0.2) is 32.2 Å². The Balaban J connectivity index is 1.81. The summed E-state index contributed by atoms with van der Waals surface area (Å²) < 4.78 is 1.44. The second-order valence-corrected chi connectivity index (χ2v) is 4.79. The molecule has 1 saturated carbocycles. The summed E-state index contributed by atoms with van der Waals surface area (Å²) in [6.07, 6.45) is 2.45. The minimum atomic E-state index is -0.267. The Bertz CT molecular complexity index is 626. The zero-order chi connectivity index (χ0) is 12.7. The molecule has 0 amide bonds. The van der Waals surface area contributed by atoms with E-state index in [4.69, 9.17) is 5.73 Å². The molecule has 18 heavy (non-hydrogen) atoms. The van der Waals surface area contributed by atoms with Gasteiger partial charge in [0.25, 0.3) is 0 Å². The number of rotatable bonds is 4. The maximum atomic E-state index is 11.4. The van der Waals surface area contributed by atoms with Gasteiger partial charge >= 0.3 is 5.69 Å². The standard InChI is InChI=1S/C11H16N6O/c1-6-14-9(13-5-8(12)7-2-3-7)4-10-15-16-11(18)17(6)10/h4,7-8,13H,2-3,5,12H2,1H3,(H,16,18). The first-order chi connectivity index (χ1) is 8.65. The fourth-order valence-electron chi connectivity index (χ4n) is 2.10. The van der Waals surface area contributed by atoms with Gasteiger partial charge in [-0.15, -0.1) is 0 Å². The van der Waals surface area contributed by atoms with Crippen LogP contribution in [0.1, 0.15) is 18.7 Å². The number of nitrogens with two attached hydrogens (primary N) is 1. The molecule has 1 aliphatic rings. The zero-order valence-corrected chi connectivity index (χ0v) is 10.2. The van der Waals surface area contributed by atoms with Crippen molar-refractivity contribution in [2.24, 2.45) is 11.7 Å². The number of nitrogens with one attached hydrogen (secondary N) is 2. The van der Waals surface area contributed by atoms with Crippen LogP contribution < -0.4 is 16.7 Å². The summed E-state index contributed by atoms with van der Waals surface area (Å²) in [6, 6.07) is 1.91. The van der Waals surface area contributed by atoms with E-state index < -0.39 is 0 Å². The molecule has 0 radical (unpaired) electrons. The van der Waals surface area contributed by atoms with Crippen LogP contribution in [0.25, 0.3) is 5.65 Å². The number of nitrogens with zero attached hydrogens (tertiary/aromatic N) is 3. The lowest BCUT2D eigenvalue weighted by Crippen LogP contribution is -2.31.